The largest absolute Gasteiger partial charge is 0.326 e. The van der Waals surface area contributed by atoms with Crippen molar-refractivity contribution in [2.24, 2.45) is 0 Å². The molecule has 1 amide bonds. The van der Waals surface area contributed by atoms with E-state index in [9.17, 15) is 4.79 Å². The number of fused-ring (bicyclic) bond motifs is 1. The minimum atomic E-state index is 0.136. The van der Waals surface area contributed by atoms with E-state index < -0.39 is 0 Å². The molecule has 7 heteroatoms. The number of benzene rings is 1. The van der Waals surface area contributed by atoms with Gasteiger partial charge in [0.25, 0.3) is 0 Å². The summed E-state index contributed by atoms with van der Waals surface area (Å²) in [6.45, 7) is 5.70. The number of nitrogens with zero attached hydrogens (tertiary/aromatic N) is 4. The SMILES string of the molecule is CCn1ccnc1SCC(=O)N1CCc2cc(-c3csc(C)n3)ccc21. The average molecular weight is 385 g/mol. The van der Waals surface area contributed by atoms with Crippen LogP contribution in [0.15, 0.2) is 41.1 Å². The zero-order chi connectivity index (χ0) is 18.1. The van der Waals surface area contributed by atoms with Crippen molar-refractivity contribution in [3.8, 4) is 11.3 Å². The molecule has 26 heavy (non-hydrogen) atoms. The Morgan fingerprint density at radius 1 is 1.38 bits per heavy atom. The fourth-order valence-electron chi connectivity index (χ4n) is 3.20. The second-order valence-corrected chi connectivity index (χ2v) is 8.18. The molecule has 0 radical (unpaired) electrons. The van der Waals surface area contributed by atoms with Crippen LogP contribution in [0.5, 0.6) is 0 Å². The summed E-state index contributed by atoms with van der Waals surface area (Å²) >= 11 is 3.16. The molecule has 0 spiro atoms. The molecule has 1 aliphatic heterocycles. The predicted molar refractivity (Wildman–Crippen MR) is 107 cm³/mol. The van der Waals surface area contributed by atoms with Crippen molar-refractivity contribution in [3.05, 3.63) is 46.5 Å². The molecule has 0 N–H and O–H groups in total. The number of hydrogen-bond acceptors (Lipinski definition) is 5. The summed E-state index contributed by atoms with van der Waals surface area (Å²) < 4.78 is 2.05. The molecule has 1 aromatic carbocycles. The normalized spacial score (nSPS) is 13.2. The van der Waals surface area contributed by atoms with Crippen molar-refractivity contribution in [3.63, 3.8) is 0 Å². The first kappa shape index (κ1) is 17.3. The van der Waals surface area contributed by atoms with Crippen LogP contribution in [0, 0.1) is 6.92 Å². The predicted octanol–water partition coefficient (Wildman–Crippen LogP) is 4.02. The number of amides is 1. The summed E-state index contributed by atoms with van der Waals surface area (Å²) in [6.07, 6.45) is 4.62. The number of thiazole rings is 1. The van der Waals surface area contributed by atoms with E-state index in [0.29, 0.717) is 5.75 Å². The fraction of sp³-hybridized carbons (Fsp3) is 0.316. The van der Waals surface area contributed by atoms with Gasteiger partial charge in [0.05, 0.1) is 16.5 Å². The van der Waals surface area contributed by atoms with Gasteiger partial charge in [-0.15, -0.1) is 11.3 Å². The number of aromatic nitrogens is 3. The number of thioether (sulfide) groups is 1. The van der Waals surface area contributed by atoms with Gasteiger partial charge in [-0.05, 0) is 38.0 Å². The smallest absolute Gasteiger partial charge is 0.237 e. The van der Waals surface area contributed by atoms with Crippen molar-refractivity contribution >= 4 is 34.7 Å². The first-order chi connectivity index (χ1) is 12.7. The van der Waals surface area contributed by atoms with Crippen LogP contribution in [0.3, 0.4) is 0 Å². The Kier molecular flexibility index (Phi) is 4.82. The van der Waals surface area contributed by atoms with Gasteiger partial charge < -0.3 is 9.47 Å². The Morgan fingerprint density at radius 3 is 3.04 bits per heavy atom. The lowest BCUT2D eigenvalue weighted by molar-refractivity contribution is -0.116. The zero-order valence-corrected chi connectivity index (χ0v) is 16.4. The molecule has 0 saturated heterocycles. The maximum atomic E-state index is 12.7. The second kappa shape index (κ2) is 7.25. The van der Waals surface area contributed by atoms with Crippen LogP contribution in [0.1, 0.15) is 17.5 Å². The van der Waals surface area contributed by atoms with Gasteiger partial charge in [-0.3, -0.25) is 4.79 Å². The number of carbonyl (C=O) groups excluding carboxylic acids is 1. The van der Waals surface area contributed by atoms with E-state index in [1.807, 2.05) is 18.0 Å². The van der Waals surface area contributed by atoms with E-state index in [0.717, 1.165) is 46.6 Å². The van der Waals surface area contributed by atoms with Crippen LogP contribution >= 0.6 is 23.1 Å². The second-order valence-electron chi connectivity index (χ2n) is 6.18. The third kappa shape index (κ3) is 3.29. The molecule has 3 aromatic rings. The summed E-state index contributed by atoms with van der Waals surface area (Å²) in [5.41, 5.74) is 4.40. The molecule has 0 aliphatic carbocycles. The van der Waals surface area contributed by atoms with Gasteiger partial charge in [0.15, 0.2) is 5.16 Å². The van der Waals surface area contributed by atoms with Crippen molar-refractivity contribution < 1.29 is 4.79 Å². The minimum Gasteiger partial charge on any atom is -0.326 e. The van der Waals surface area contributed by atoms with Crippen molar-refractivity contribution in [2.45, 2.75) is 32.0 Å². The van der Waals surface area contributed by atoms with Gasteiger partial charge >= 0.3 is 0 Å². The Hall–Kier alpha value is -2.12. The number of hydrogen-bond donors (Lipinski definition) is 0. The lowest BCUT2D eigenvalue weighted by Gasteiger charge is -2.17. The van der Waals surface area contributed by atoms with Gasteiger partial charge in [-0.25, -0.2) is 9.97 Å². The fourth-order valence-corrected chi connectivity index (χ4v) is 4.72. The molecule has 2 aromatic heterocycles. The average Bonchev–Trinajstić information content (AvgIpc) is 3.37. The topological polar surface area (TPSA) is 51.0 Å². The molecule has 0 saturated carbocycles. The van der Waals surface area contributed by atoms with Crippen molar-refractivity contribution in [2.75, 3.05) is 17.2 Å². The van der Waals surface area contributed by atoms with Crippen LogP contribution < -0.4 is 4.90 Å². The van der Waals surface area contributed by atoms with Crippen LogP contribution in [0.2, 0.25) is 0 Å². The Balaban J connectivity index is 1.48. The highest BCUT2D eigenvalue weighted by atomic mass is 32.2. The molecular weight excluding hydrogens is 364 g/mol. The standard InChI is InChI=1S/C19H20N4OS2/c1-3-22-9-7-20-19(22)26-12-18(24)23-8-6-15-10-14(4-5-17(15)23)16-11-25-13(2)21-16/h4-5,7,9-11H,3,6,8,12H2,1-2H3. The monoisotopic (exact) mass is 384 g/mol. The third-order valence-corrected chi connectivity index (χ3v) is 6.30. The minimum absolute atomic E-state index is 0.136. The first-order valence-electron chi connectivity index (χ1n) is 8.65. The molecule has 5 nitrogen and oxygen atoms in total. The van der Waals surface area contributed by atoms with Crippen molar-refractivity contribution in [1.82, 2.24) is 14.5 Å². The van der Waals surface area contributed by atoms with Crippen LogP contribution in [0.4, 0.5) is 5.69 Å². The maximum Gasteiger partial charge on any atom is 0.237 e. The highest BCUT2D eigenvalue weighted by Gasteiger charge is 2.25. The molecule has 0 fully saturated rings. The molecule has 1 aliphatic rings. The maximum absolute atomic E-state index is 12.7. The highest BCUT2D eigenvalue weighted by Crippen LogP contribution is 2.33. The van der Waals surface area contributed by atoms with E-state index in [1.165, 1.54) is 17.3 Å². The summed E-state index contributed by atoms with van der Waals surface area (Å²) in [5.74, 6) is 0.542. The van der Waals surface area contributed by atoms with E-state index in [2.05, 4.69) is 45.0 Å². The Labute approximate surface area is 161 Å². The van der Waals surface area contributed by atoms with E-state index in [-0.39, 0.29) is 5.91 Å². The van der Waals surface area contributed by atoms with Gasteiger partial charge in [0.1, 0.15) is 0 Å². The van der Waals surface area contributed by atoms with Gasteiger partial charge in [-0.2, -0.15) is 0 Å². The highest BCUT2D eigenvalue weighted by molar-refractivity contribution is 7.99. The Bertz CT molecular complexity index is 947. The van der Waals surface area contributed by atoms with Crippen LogP contribution in [-0.2, 0) is 17.8 Å². The Morgan fingerprint density at radius 2 is 2.27 bits per heavy atom. The molecule has 0 atom stereocenters. The molecule has 0 unspecified atom stereocenters. The lowest BCUT2D eigenvalue weighted by atomic mass is 10.1. The van der Waals surface area contributed by atoms with Gasteiger partial charge in [-0.1, -0.05) is 17.8 Å². The molecule has 3 heterocycles. The number of rotatable bonds is 5. The van der Waals surface area contributed by atoms with Crippen LogP contribution in [0.25, 0.3) is 11.3 Å². The van der Waals surface area contributed by atoms with Crippen LogP contribution in [-0.4, -0.2) is 32.7 Å². The quantitative estimate of drug-likeness (QED) is 0.624. The van der Waals surface area contributed by atoms with E-state index >= 15 is 0 Å². The summed E-state index contributed by atoms with van der Waals surface area (Å²) in [6, 6.07) is 6.30. The number of aryl methyl sites for hydroxylation is 2. The van der Waals surface area contributed by atoms with Crippen molar-refractivity contribution in [1.29, 1.82) is 0 Å². The van der Waals surface area contributed by atoms with E-state index in [4.69, 9.17) is 0 Å². The van der Waals surface area contributed by atoms with Gasteiger partial charge in [0, 0.05) is 42.1 Å². The third-order valence-electron chi connectivity index (χ3n) is 4.53. The summed E-state index contributed by atoms with van der Waals surface area (Å²) in [7, 11) is 0. The van der Waals surface area contributed by atoms with Gasteiger partial charge in [0.2, 0.25) is 5.91 Å². The van der Waals surface area contributed by atoms with E-state index in [1.54, 1.807) is 17.5 Å². The summed E-state index contributed by atoms with van der Waals surface area (Å²) in [5, 5.41) is 4.05. The molecule has 134 valence electrons. The first-order valence-corrected chi connectivity index (χ1v) is 10.5. The zero-order valence-electron chi connectivity index (χ0n) is 14.8. The molecule has 0 bridgehead atoms. The lowest BCUT2D eigenvalue weighted by Crippen LogP contribution is -2.30. The number of carbonyl (C=O) groups is 1. The summed E-state index contributed by atoms with van der Waals surface area (Å²) in [4.78, 5) is 23.5. The molecule has 4 rings (SSSR count). The number of imidazole rings is 1. The number of anilines is 1. The molecular formula is C19H20N4OS2.